The van der Waals surface area contributed by atoms with Gasteiger partial charge >= 0.3 is 5.97 Å². The molecule has 3 nitrogen and oxygen atoms in total. The van der Waals surface area contributed by atoms with Crippen LogP contribution in [0.5, 0.6) is 0 Å². The zero-order valence-electron chi connectivity index (χ0n) is 10.4. The zero-order chi connectivity index (χ0) is 12.8. The molecule has 0 aliphatic heterocycles. The van der Waals surface area contributed by atoms with Crippen molar-refractivity contribution in [2.45, 2.75) is 18.9 Å². The van der Waals surface area contributed by atoms with Crippen molar-refractivity contribution >= 4 is 5.97 Å². The number of hydrogen-bond donors (Lipinski definition) is 1. The Morgan fingerprint density at radius 2 is 1.94 bits per heavy atom. The first-order valence-electron chi connectivity index (χ1n) is 5.65. The van der Waals surface area contributed by atoms with Crippen LogP contribution in [0.2, 0.25) is 0 Å². The molecule has 1 unspecified atom stereocenters. The number of likely N-dealkylation sites (N-methyl/N-ethyl adjacent to an activating group) is 1. The number of aryl methyl sites for hydroxylation is 1. The minimum Gasteiger partial charge on any atom is -0.478 e. The summed E-state index contributed by atoms with van der Waals surface area (Å²) in [6, 6.07) is 9.95. The molecule has 17 heavy (non-hydrogen) atoms. The SMILES string of the molecule is C=C(C(=O)O)C(CCc1ccccc1)N(C)C. The molecule has 1 aromatic rings. The maximum Gasteiger partial charge on any atom is 0.332 e. The molecule has 0 radical (unpaired) electrons. The lowest BCUT2D eigenvalue weighted by Crippen LogP contribution is -2.33. The molecule has 1 N–H and O–H groups in total. The third kappa shape index (κ3) is 4.04. The van der Waals surface area contributed by atoms with Crippen LogP contribution in [0.4, 0.5) is 0 Å². The van der Waals surface area contributed by atoms with Crippen molar-refractivity contribution in [2.24, 2.45) is 0 Å². The fourth-order valence-electron chi connectivity index (χ4n) is 1.83. The second-order valence-corrected chi connectivity index (χ2v) is 4.33. The molecule has 0 bridgehead atoms. The molecule has 0 saturated heterocycles. The van der Waals surface area contributed by atoms with E-state index in [1.165, 1.54) is 5.56 Å². The maximum atomic E-state index is 10.9. The summed E-state index contributed by atoms with van der Waals surface area (Å²) in [5.41, 5.74) is 1.48. The van der Waals surface area contributed by atoms with E-state index in [0.29, 0.717) is 0 Å². The Balaban J connectivity index is 2.63. The van der Waals surface area contributed by atoms with E-state index in [0.717, 1.165) is 12.8 Å². The topological polar surface area (TPSA) is 40.5 Å². The Bertz CT molecular complexity index is 384. The number of benzene rings is 1. The molecule has 0 aromatic heterocycles. The molecule has 3 heteroatoms. The van der Waals surface area contributed by atoms with Crippen LogP contribution in [0.1, 0.15) is 12.0 Å². The average Bonchev–Trinajstić information content (AvgIpc) is 2.29. The van der Waals surface area contributed by atoms with Gasteiger partial charge < -0.3 is 10.0 Å². The minimum absolute atomic E-state index is 0.118. The van der Waals surface area contributed by atoms with Gasteiger partial charge in [-0.15, -0.1) is 0 Å². The third-order valence-electron chi connectivity index (χ3n) is 2.85. The highest BCUT2D eigenvalue weighted by Gasteiger charge is 2.20. The Morgan fingerprint density at radius 3 is 2.41 bits per heavy atom. The molecule has 1 rings (SSSR count). The normalized spacial score (nSPS) is 12.4. The summed E-state index contributed by atoms with van der Waals surface area (Å²) in [5.74, 6) is -0.920. The Kier molecular flexibility index (Phi) is 4.91. The molecule has 0 spiro atoms. The summed E-state index contributed by atoms with van der Waals surface area (Å²) in [5, 5.41) is 8.97. The number of hydrogen-bond acceptors (Lipinski definition) is 2. The quantitative estimate of drug-likeness (QED) is 0.766. The molecule has 1 aromatic carbocycles. The van der Waals surface area contributed by atoms with Crippen LogP contribution in [0.15, 0.2) is 42.5 Å². The summed E-state index contributed by atoms with van der Waals surface area (Å²) >= 11 is 0. The summed E-state index contributed by atoms with van der Waals surface area (Å²) in [6.45, 7) is 3.65. The van der Waals surface area contributed by atoms with Gasteiger partial charge in [-0.25, -0.2) is 4.79 Å². The predicted octanol–water partition coefficient (Wildman–Crippen LogP) is 2.19. The van der Waals surface area contributed by atoms with Gasteiger partial charge in [-0.05, 0) is 32.5 Å². The van der Waals surface area contributed by atoms with E-state index in [-0.39, 0.29) is 11.6 Å². The maximum absolute atomic E-state index is 10.9. The predicted molar refractivity (Wildman–Crippen MR) is 69.0 cm³/mol. The van der Waals surface area contributed by atoms with Crippen LogP contribution in [-0.4, -0.2) is 36.1 Å². The summed E-state index contributed by atoms with van der Waals surface area (Å²) in [7, 11) is 3.76. The lowest BCUT2D eigenvalue weighted by atomic mass is 9.99. The van der Waals surface area contributed by atoms with Crippen LogP contribution in [-0.2, 0) is 11.2 Å². The lowest BCUT2D eigenvalue weighted by Gasteiger charge is -2.24. The first-order chi connectivity index (χ1) is 8.02. The van der Waals surface area contributed by atoms with E-state index < -0.39 is 5.97 Å². The van der Waals surface area contributed by atoms with Crippen molar-refractivity contribution in [3.63, 3.8) is 0 Å². The molecule has 0 aliphatic rings. The number of carbonyl (C=O) groups is 1. The highest BCUT2D eigenvalue weighted by molar-refractivity contribution is 5.87. The largest absolute Gasteiger partial charge is 0.478 e. The highest BCUT2D eigenvalue weighted by Crippen LogP contribution is 2.14. The van der Waals surface area contributed by atoms with Crippen molar-refractivity contribution < 1.29 is 9.90 Å². The summed E-state index contributed by atoms with van der Waals surface area (Å²) in [4.78, 5) is 12.8. The van der Waals surface area contributed by atoms with Gasteiger partial charge in [0.15, 0.2) is 0 Å². The smallest absolute Gasteiger partial charge is 0.332 e. The molecule has 0 amide bonds. The van der Waals surface area contributed by atoms with Gasteiger partial charge in [-0.3, -0.25) is 0 Å². The summed E-state index contributed by atoms with van der Waals surface area (Å²) in [6.07, 6.45) is 1.62. The van der Waals surface area contributed by atoms with E-state index in [2.05, 4.69) is 18.7 Å². The number of carboxylic acids is 1. The Hall–Kier alpha value is -1.61. The van der Waals surface area contributed by atoms with Crippen LogP contribution in [0, 0.1) is 0 Å². The molecule has 0 aliphatic carbocycles. The first kappa shape index (κ1) is 13.5. The van der Waals surface area contributed by atoms with Crippen LogP contribution in [0.3, 0.4) is 0 Å². The van der Waals surface area contributed by atoms with Crippen molar-refractivity contribution in [2.75, 3.05) is 14.1 Å². The third-order valence-corrected chi connectivity index (χ3v) is 2.85. The minimum atomic E-state index is -0.920. The number of carboxylic acid groups (broad SMARTS) is 1. The van der Waals surface area contributed by atoms with Gasteiger partial charge in [0.1, 0.15) is 0 Å². The highest BCUT2D eigenvalue weighted by atomic mass is 16.4. The first-order valence-corrected chi connectivity index (χ1v) is 5.65. The van der Waals surface area contributed by atoms with E-state index in [1.807, 2.05) is 37.2 Å². The number of rotatable bonds is 6. The van der Waals surface area contributed by atoms with Crippen LogP contribution in [0.25, 0.3) is 0 Å². The van der Waals surface area contributed by atoms with Crippen LogP contribution < -0.4 is 0 Å². The molecule has 1 atom stereocenters. The number of nitrogens with zero attached hydrogens (tertiary/aromatic N) is 1. The van der Waals surface area contributed by atoms with Crippen molar-refractivity contribution in [3.8, 4) is 0 Å². The Morgan fingerprint density at radius 1 is 1.35 bits per heavy atom. The second-order valence-electron chi connectivity index (χ2n) is 4.33. The molecule has 0 saturated carbocycles. The molecule has 0 fully saturated rings. The van der Waals surface area contributed by atoms with Gasteiger partial charge in [-0.2, -0.15) is 0 Å². The van der Waals surface area contributed by atoms with E-state index in [1.54, 1.807) is 0 Å². The lowest BCUT2D eigenvalue weighted by molar-refractivity contribution is -0.133. The van der Waals surface area contributed by atoms with Crippen molar-refractivity contribution in [1.29, 1.82) is 0 Å². The van der Waals surface area contributed by atoms with Gasteiger partial charge in [-0.1, -0.05) is 36.9 Å². The average molecular weight is 233 g/mol. The fourth-order valence-corrected chi connectivity index (χ4v) is 1.83. The van der Waals surface area contributed by atoms with E-state index in [9.17, 15) is 4.79 Å². The monoisotopic (exact) mass is 233 g/mol. The van der Waals surface area contributed by atoms with Gasteiger partial charge in [0.05, 0.1) is 0 Å². The van der Waals surface area contributed by atoms with Crippen molar-refractivity contribution in [1.82, 2.24) is 4.90 Å². The van der Waals surface area contributed by atoms with Crippen molar-refractivity contribution in [3.05, 3.63) is 48.0 Å². The van der Waals surface area contributed by atoms with E-state index in [4.69, 9.17) is 5.11 Å². The molecular weight excluding hydrogens is 214 g/mol. The van der Waals surface area contributed by atoms with Gasteiger partial charge in [0, 0.05) is 11.6 Å². The van der Waals surface area contributed by atoms with Gasteiger partial charge in [0.25, 0.3) is 0 Å². The zero-order valence-corrected chi connectivity index (χ0v) is 10.4. The molecule has 92 valence electrons. The molecular formula is C14H19NO2. The summed E-state index contributed by atoms with van der Waals surface area (Å²) < 4.78 is 0. The van der Waals surface area contributed by atoms with Gasteiger partial charge in [0.2, 0.25) is 0 Å². The molecule has 0 heterocycles. The van der Waals surface area contributed by atoms with Crippen LogP contribution >= 0.6 is 0 Å². The van der Waals surface area contributed by atoms with E-state index >= 15 is 0 Å². The Labute approximate surface area is 102 Å². The fraction of sp³-hybridized carbons (Fsp3) is 0.357. The standard InChI is InChI=1S/C14H19NO2/c1-11(14(16)17)13(15(2)3)10-9-12-7-5-4-6-8-12/h4-8,13H,1,9-10H2,2-3H3,(H,16,17). The number of aliphatic carboxylic acids is 1. The second kappa shape index (κ2) is 6.21.